The normalized spacial score (nSPS) is 25.0. The highest BCUT2D eigenvalue weighted by molar-refractivity contribution is 7.86. The van der Waals surface area contributed by atoms with Crippen molar-refractivity contribution >= 4 is 16.1 Å². The number of ether oxygens (including phenoxy) is 1. The Kier molecular flexibility index (Phi) is 4.81. The van der Waals surface area contributed by atoms with E-state index in [1.54, 1.807) is 0 Å². The van der Waals surface area contributed by atoms with Gasteiger partial charge in [-0.3, -0.25) is 13.8 Å². The van der Waals surface area contributed by atoms with Crippen LogP contribution >= 0.6 is 0 Å². The van der Waals surface area contributed by atoms with Gasteiger partial charge in [0.1, 0.15) is 0 Å². The van der Waals surface area contributed by atoms with Crippen molar-refractivity contribution in [3.05, 3.63) is 22.5 Å². The summed E-state index contributed by atoms with van der Waals surface area (Å²) in [5, 5.41) is 15.1. The molecule has 3 atom stereocenters. The van der Waals surface area contributed by atoms with E-state index in [0.29, 0.717) is 0 Å². The first kappa shape index (κ1) is 16.4. The quantitative estimate of drug-likeness (QED) is 0.672. The summed E-state index contributed by atoms with van der Waals surface area (Å²) >= 11 is 0. The Morgan fingerprint density at radius 3 is 2.73 bits per heavy atom. The Morgan fingerprint density at radius 2 is 2.18 bits per heavy atom. The van der Waals surface area contributed by atoms with E-state index in [1.807, 2.05) is 0 Å². The van der Waals surface area contributed by atoms with Crippen molar-refractivity contribution in [3.8, 4) is 5.88 Å². The Hall–Kier alpha value is -1.94. The Labute approximate surface area is 126 Å². The minimum absolute atomic E-state index is 0.0413. The van der Waals surface area contributed by atoms with Crippen molar-refractivity contribution in [2.75, 3.05) is 12.9 Å². The molecular formula is C12H16N2O7S. The Morgan fingerprint density at radius 1 is 1.45 bits per heavy atom. The van der Waals surface area contributed by atoms with Gasteiger partial charge in [-0.25, -0.2) is 5.10 Å². The van der Waals surface area contributed by atoms with Crippen molar-refractivity contribution in [1.29, 1.82) is 0 Å². The monoisotopic (exact) mass is 332 g/mol. The second-order valence-corrected chi connectivity index (χ2v) is 6.77. The van der Waals surface area contributed by atoms with Crippen LogP contribution in [-0.4, -0.2) is 48.7 Å². The highest BCUT2D eigenvalue weighted by Crippen LogP contribution is 2.35. The Bertz CT molecular complexity index is 679. The van der Waals surface area contributed by atoms with Gasteiger partial charge in [-0.1, -0.05) is 0 Å². The molecule has 1 aliphatic carbocycles. The standard InChI is InChI=1S/C12H16N2O7S/c1-22(18,19)21-8-4-7(9(5-8)12(16)17)6-20-11-3-2-10(15)13-14-11/h2-3,7-9H,4-6H2,1H3,(H,13,15)(H,16,17)/t7-,8?,9+/m0/s1. The van der Waals surface area contributed by atoms with Gasteiger partial charge < -0.3 is 9.84 Å². The van der Waals surface area contributed by atoms with Crippen LogP contribution in [0.25, 0.3) is 0 Å². The maximum atomic E-state index is 11.3. The van der Waals surface area contributed by atoms with E-state index in [0.717, 1.165) is 6.26 Å². The number of H-pyrrole nitrogens is 1. The van der Waals surface area contributed by atoms with Gasteiger partial charge in [0.05, 0.1) is 24.9 Å². The molecule has 10 heteroatoms. The maximum Gasteiger partial charge on any atom is 0.307 e. The lowest BCUT2D eigenvalue weighted by Crippen LogP contribution is -2.23. The summed E-state index contributed by atoms with van der Waals surface area (Å²) in [6.07, 6.45) is 0.618. The molecule has 0 spiro atoms. The van der Waals surface area contributed by atoms with E-state index in [9.17, 15) is 23.1 Å². The molecule has 1 unspecified atom stereocenters. The van der Waals surface area contributed by atoms with Crippen molar-refractivity contribution in [3.63, 3.8) is 0 Å². The van der Waals surface area contributed by atoms with E-state index in [4.69, 9.17) is 8.92 Å². The minimum atomic E-state index is -3.64. The van der Waals surface area contributed by atoms with Crippen LogP contribution in [0.4, 0.5) is 0 Å². The van der Waals surface area contributed by atoms with Crippen LogP contribution in [0.5, 0.6) is 5.88 Å². The molecule has 0 aliphatic heterocycles. The number of carboxylic acid groups (broad SMARTS) is 1. The van der Waals surface area contributed by atoms with Gasteiger partial charge >= 0.3 is 5.97 Å². The number of aromatic nitrogens is 2. The third-order valence-electron chi connectivity index (χ3n) is 3.38. The van der Waals surface area contributed by atoms with Crippen molar-refractivity contribution in [2.45, 2.75) is 18.9 Å². The average molecular weight is 332 g/mol. The van der Waals surface area contributed by atoms with Gasteiger partial charge in [0.2, 0.25) is 5.88 Å². The van der Waals surface area contributed by atoms with Gasteiger partial charge in [-0.15, -0.1) is 5.10 Å². The van der Waals surface area contributed by atoms with Crippen LogP contribution in [0.2, 0.25) is 0 Å². The molecule has 1 aromatic heterocycles. The Balaban J connectivity index is 1.99. The molecule has 122 valence electrons. The molecule has 1 aromatic rings. The van der Waals surface area contributed by atoms with Crippen molar-refractivity contribution in [1.82, 2.24) is 10.2 Å². The SMILES string of the molecule is CS(=O)(=O)OC1C[C@@H](COc2ccc(=O)[nH]n2)[C@H](C(=O)O)C1. The first-order valence-electron chi connectivity index (χ1n) is 6.54. The largest absolute Gasteiger partial charge is 0.481 e. The minimum Gasteiger partial charge on any atom is -0.481 e. The second-order valence-electron chi connectivity index (χ2n) is 5.17. The van der Waals surface area contributed by atoms with Crippen LogP contribution in [0.1, 0.15) is 12.8 Å². The molecule has 1 saturated carbocycles. The summed E-state index contributed by atoms with van der Waals surface area (Å²) in [5.41, 5.74) is -0.377. The number of aromatic amines is 1. The van der Waals surface area contributed by atoms with Gasteiger partial charge in [0.15, 0.2) is 0 Å². The second kappa shape index (κ2) is 6.44. The average Bonchev–Trinajstić information content (AvgIpc) is 2.79. The number of aliphatic carboxylic acids is 1. The van der Waals surface area contributed by atoms with Gasteiger partial charge in [0, 0.05) is 18.1 Å². The molecule has 0 aromatic carbocycles. The predicted molar refractivity (Wildman–Crippen MR) is 73.9 cm³/mol. The van der Waals surface area contributed by atoms with Crippen molar-refractivity contribution in [2.24, 2.45) is 11.8 Å². The van der Waals surface area contributed by atoms with Crippen molar-refractivity contribution < 1.29 is 27.2 Å². The number of carboxylic acids is 1. The molecule has 2 N–H and O–H groups in total. The summed E-state index contributed by atoms with van der Waals surface area (Å²) in [6.45, 7) is 0.0413. The van der Waals surface area contributed by atoms with Crippen LogP contribution < -0.4 is 10.3 Å². The lowest BCUT2D eigenvalue weighted by atomic mass is 9.97. The molecule has 22 heavy (non-hydrogen) atoms. The third kappa shape index (κ3) is 4.53. The number of nitrogens with zero attached hydrogens (tertiary/aromatic N) is 1. The molecule has 0 saturated heterocycles. The van der Waals surface area contributed by atoms with Gasteiger partial charge in [-0.2, -0.15) is 8.42 Å². The first-order valence-corrected chi connectivity index (χ1v) is 8.36. The molecule has 1 fully saturated rings. The van der Waals surface area contributed by atoms with E-state index < -0.39 is 34.0 Å². The summed E-state index contributed by atoms with van der Waals surface area (Å²) in [5.74, 6) is -2.02. The van der Waals surface area contributed by atoms with Crippen LogP contribution in [0.3, 0.4) is 0 Å². The first-order chi connectivity index (χ1) is 10.2. The van der Waals surface area contributed by atoms with Gasteiger partial charge in [0.25, 0.3) is 15.7 Å². The fourth-order valence-corrected chi connectivity index (χ4v) is 3.14. The summed E-state index contributed by atoms with van der Waals surface area (Å²) in [7, 11) is -3.64. The molecular weight excluding hydrogens is 316 g/mol. The van der Waals surface area contributed by atoms with Crippen LogP contribution in [0, 0.1) is 11.8 Å². The molecule has 1 aliphatic rings. The summed E-state index contributed by atoms with van der Waals surface area (Å²) in [4.78, 5) is 22.1. The van der Waals surface area contributed by atoms with E-state index in [1.165, 1.54) is 12.1 Å². The van der Waals surface area contributed by atoms with Gasteiger partial charge in [-0.05, 0) is 12.8 Å². The number of rotatable bonds is 6. The van der Waals surface area contributed by atoms with E-state index in [2.05, 4.69) is 10.2 Å². The highest BCUT2D eigenvalue weighted by atomic mass is 32.2. The highest BCUT2D eigenvalue weighted by Gasteiger charge is 2.41. The predicted octanol–water partition coefficient (Wildman–Crippen LogP) is -0.396. The van der Waals surface area contributed by atoms with E-state index in [-0.39, 0.29) is 30.9 Å². The summed E-state index contributed by atoms with van der Waals surface area (Å²) < 4.78 is 32.5. The zero-order chi connectivity index (χ0) is 16.3. The lowest BCUT2D eigenvalue weighted by Gasteiger charge is -2.15. The fraction of sp³-hybridized carbons (Fsp3) is 0.583. The number of nitrogens with one attached hydrogen (secondary N) is 1. The smallest absolute Gasteiger partial charge is 0.307 e. The number of hydrogen-bond donors (Lipinski definition) is 2. The lowest BCUT2D eigenvalue weighted by molar-refractivity contribution is -0.143. The zero-order valence-electron chi connectivity index (χ0n) is 11.8. The number of carbonyl (C=O) groups is 1. The number of hydrogen-bond acceptors (Lipinski definition) is 7. The maximum absolute atomic E-state index is 11.3. The molecule has 9 nitrogen and oxygen atoms in total. The molecule has 2 rings (SSSR count). The fourth-order valence-electron chi connectivity index (χ4n) is 2.49. The molecule has 0 radical (unpaired) electrons. The summed E-state index contributed by atoms with van der Waals surface area (Å²) in [6, 6.07) is 2.61. The van der Waals surface area contributed by atoms with Crippen LogP contribution in [0.15, 0.2) is 16.9 Å². The molecule has 0 amide bonds. The third-order valence-corrected chi connectivity index (χ3v) is 4.00. The molecule has 1 heterocycles. The molecule has 0 bridgehead atoms. The zero-order valence-corrected chi connectivity index (χ0v) is 12.6. The topological polar surface area (TPSA) is 136 Å². The van der Waals surface area contributed by atoms with Crippen LogP contribution in [-0.2, 0) is 19.1 Å². The van der Waals surface area contributed by atoms with E-state index >= 15 is 0 Å².